The van der Waals surface area contributed by atoms with E-state index in [2.05, 4.69) is 42.5 Å². The van der Waals surface area contributed by atoms with Crippen molar-refractivity contribution in [3.05, 3.63) is 10.0 Å². The summed E-state index contributed by atoms with van der Waals surface area (Å²) in [5.41, 5.74) is 0.213. The third kappa shape index (κ3) is 7.01. The lowest BCUT2D eigenvalue weighted by molar-refractivity contribution is 0.422. The van der Waals surface area contributed by atoms with Crippen molar-refractivity contribution in [1.29, 1.82) is 0 Å². The van der Waals surface area contributed by atoms with Gasteiger partial charge in [-0.1, -0.05) is 0 Å². The molecular weight excluding hydrogens is 250 g/mol. The molecule has 0 aliphatic rings. The summed E-state index contributed by atoms with van der Waals surface area (Å²) in [5.74, 6) is 1.14. The Morgan fingerprint density at radius 3 is 2.41 bits per heavy atom. The Morgan fingerprint density at radius 2 is 1.82 bits per heavy atom. The van der Waals surface area contributed by atoms with Gasteiger partial charge >= 0.3 is 0 Å². The molecule has 3 nitrogen and oxygen atoms in total. The maximum absolute atomic E-state index is 4.23. The van der Waals surface area contributed by atoms with Gasteiger partial charge in [0.05, 0.1) is 0 Å². The van der Waals surface area contributed by atoms with Gasteiger partial charge in [-0.25, -0.2) is 0 Å². The zero-order valence-corrected chi connectivity index (χ0v) is 12.9. The molecule has 98 valence electrons. The van der Waals surface area contributed by atoms with E-state index in [9.17, 15) is 0 Å². The second-order valence-electron chi connectivity index (χ2n) is 5.11. The SMILES string of the molecule is CSCCc1nnc(CCCNC(C)(C)C)s1. The molecule has 1 aromatic rings. The first kappa shape index (κ1) is 14.9. The predicted molar refractivity (Wildman–Crippen MR) is 78.1 cm³/mol. The number of hydrogen-bond donors (Lipinski definition) is 1. The van der Waals surface area contributed by atoms with E-state index in [1.165, 1.54) is 10.0 Å². The lowest BCUT2D eigenvalue weighted by Crippen LogP contribution is -2.36. The van der Waals surface area contributed by atoms with E-state index in [0.29, 0.717) is 0 Å². The van der Waals surface area contributed by atoms with Crippen LogP contribution < -0.4 is 5.32 Å². The summed E-state index contributed by atoms with van der Waals surface area (Å²) in [6.07, 6.45) is 5.35. The van der Waals surface area contributed by atoms with Crippen molar-refractivity contribution < 1.29 is 0 Å². The van der Waals surface area contributed by atoms with Crippen molar-refractivity contribution in [3.63, 3.8) is 0 Å². The number of thioether (sulfide) groups is 1. The molecule has 1 N–H and O–H groups in total. The summed E-state index contributed by atoms with van der Waals surface area (Å²) in [5, 5.41) is 14.3. The summed E-state index contributed by atoms with van der Waals surface area (Å²) in [7, 11) is 0. The van der Waals surface area contributed by atoms with Crippen LogP contribution >= 0.6 is 23.1 Å². The third-order valence-corrected chi connectivity index (χ3v) is 3.91. The second-order valence-corrected chi connectivity index (χ2v) is 7.24. The van der Waals surface area contributed by atoms with E-state index in [-0.39, 0.29) is 5.54 Å². The molecule has 5 heteroatoms. The maximum Gasteiger partial charge on any atom is 0.118 e. The normalized spacial score (nSPS) is 12.0. The van der Waals surface area contributed by atoms with Crippen molar-refractivity contribution in [3.8, 4) is 0 Å². The molecule has 0 aromatic carbocycles. The van der Waals surface area contributed by atoms with Crippen molar-refractivity contribution in [2.75, 3.05) is 18.6 Å². The standard InChI is InChI=1S/C12H23N3S2/c1-12(2,3)13-8-5-6-10-14-15-11(17-10)7-9-16-4/h13H,5-9H2,1-4H3. The zero-order valence-electron chi connectivity index (χ0n) is 11.2. The minimum atomic E-state index is 0.213. The Morgan fingerprint density at radius 1 is 1.18 bits per heavy atom. The molecule has 0 saturated carbocycles. The van der Waals surface area contributed by atoms with E-state index in [0.717, 1.165) is 31.6 Å². The maximum atomic E-state index is 4.23. The molecule has 1 rings (SSSR count). The highest BCUT2D eigenvalue weighted by atomic mass is 32.2. The van der Waals surface area contributed by atoms with Gasteiger partial charge in [0.25, 0.3) is 0 Å². The van der Waals surface area contributed by atoms with Crippen molar-refractivity contribution >= 4 is 23.1 Å². The van der Waals surface area contributed by atoms with Crippen LogP contribution in [0.4, 0.5) is 0 Å². The van der Waals surface area contributed by atoms with E-state index >= 15 is 0 Å². The Balaban J connectivity index is 2.21. The third-order valence-electron chi connectivity index (χ3n) is 2.25. The molecule has 17 heavy (non-hydrogen) atoms. The highest BCUT2D eigenvalue weighted by Gasteiger charge is 2.08. The molecule has 0 atom stereocenters. The minimum absolute atomic E-state index is 0.213. The monoisotopic (exact) mass is 273 g/mol. The Labute approximate surface area is 113 Å². The number of nitrogens with zero attached hydrogens (tertiary/aromatic N) is 2. The fourth-order valence-corrected chi connectivity index (χ4v) is 2.80. The summed E-state index contributed by atoms with van der Waals surface area (Å²) in [4.78, 5) is 0. The van der Waals surface area contributed by atoms with Crippen LogP contribution in [0.25, 0.3) is 0 Å². The molecule has 0 amide bonds. The highest BCUT2D eigenvalue weighted by Crippen LogP contribution is 2.13. The number of aryl methyl sites for hydroxylation is 2. The molecule has 0 spiro atoms. The van der Waals surface area contributed by atoms with Crippen LogP contribution in [-0.2, 0) is 12.8 Å². The molecule has 0 unspecified atom stereocenters. The largest absolute Gasteiger partial charge is 0.312 e. The average Bonchev–Trinajstić information content (AvgIpc) is 2.68. The van der Waals surface area contributed by atoms with Gasteiger partial charge in [-0.15, -0.1) is 21.5 Å². The van der Waals surface area contributed by atoms with Crippen LogP contribution in [0.15, 0.2) is 0 Å². The Hall–Kier alpha value is -0.130. The molecule has 1 heterocycles. The Bertz CT molecular complexity index is 318. The number of aromatic nitrogens is 2. The molecular formula is C12H23N3S2. The number of hydrogen-bond acceptors (Lipinski definition) is 5. The molecule has 0 bridgehead atoms. The molecule has 0 aliphatic heterocycles. The topological polar surface area (TPSA) is 37.8 Å². The smallest absolute Gasteiger partial charge is 0.118 e. The average molecular weight is 273 g/mol. The summed E-state index contributed by atoms with van der Waals surface area (Å²) in [6, 6.07) is 0. The molecule has 0 aliphatic carbocycles. The molecule has 0 fully saturated rings. The first-order valence-electron chi connectivity index (χ1n) is 6.06. The van der Waals surface area contributed by atoms with E-state index in [1.54, 1.807) is 11.3 Å². The highest BCUT2D eigenvalue weighted by molar-refractivity contribution is 7.98. The summed E-state index contributed by atoms with van der Waals surface area (Å²) in [6.45, 7) is 7.62. The van der Waals surface area contributed by atoms with Crippen LogP contribution in [0.2, 0.25) is 0 Å². The van der Waals surface area contributed by atoms with E-state index < -0.39 is 0 Å². The van der Waals surface area contributed by atoms with Gasteiger partial charge in [-0.2, -0.15) is 11.8 Å². The molecule has 0 radical (unpaired) electrons. The predicted octanol–water partition coefficient (Wildman–Crippen LogP) is 2.76. The van der Waals surface area contributed by atoms with Crippen LogP contribution in [-0.4, -0.2) is 34.3 Å². The fourth-order valence-electron chi connectivity index (χ4n) is 1.38. The first-order valence-corrected chi connectivity index (χ1v) is 8.27. The second kappa shape index (κ2) is 7.34. The van der Waals surface area contributed by atoms with Crippen molar-refractivity contribution in [2.45, 2.75) is 45.6 Å². The van der Waals surface area contributed by atoms with Crippen LogP contribution in [0, 0.1) is 0 Å². The minimum Gasteiger partial charge on any atom is -0.312 e. The lowest BCUT2D eigenvalue weighted by atomic mass is 10.1. The van der Waals surface area contributed by atoms with Crippen molar-refractivity contribution in [2.24, 2.45) is 0 Å². The summed E-state index contributed by atoms with van der Waals surface area (Å²) < 4.78 is 0. The van der Waals surface area contributed by atoms with Crippen LogP contribution in [0.1, 0.15) is 37.2 Å². The fraction of sp³-hybridized carbons (Fsp3) is 0.833. The Kier molecular flexibility index (Phi) is 6.44. The molecule has 0 saturated heterocycles. The van der Waals surface area contributed by atoms with Gasteiger partial charge in [0.2, 0.25) is 0 Å². The van der Waals surface area contributed by atoms with Gasteiger partial charge in [0.1, 0.15) is 10.0 Å². The van der Waals surface area contributed by atoms with Gasteiger partial charge < -0.3 is 5.32 Å². The van der Waals surface area contributed by atoms with Crippen LogP contribution in [0.5, 0.6) is 0 Å². The van der Waals surface area contributed by atoms with Gasteiger partial charge in [0.15, 0.2) is 0 Å². The zero-order chi connectivity index (χ0) is 12.7. The molecule has 1 aromatic heterocycles. The van der Waals surface area contributed by atoms with Crippen LogP contribution in [0.3, 0.4) is 0 Å². The summed E-state index contributed by atoms with van der Waals surface area (Å²) >= 11 is 3.63. The van der Waals surface area contributed by atoms with Gasteiger partial charge in [-0.3, -0.25) is 0 Å². The lowest BCUT2D eigenvalue weighted by Gasteiger charge is -2.20. The van der Waals surface area contributed by atoms with E-state index in [1.807, 2.05) is 11.8 Å². The first-order chi connectivity index (χ1) is 8.01. The van der Waals surface area contributed by atoms with E-state index in [4.69, 9.17) is 0 Å². The number of nitrogens with one attached hydrogen (secondary N) is 1. The number of rotatable bonds is 7. The van der Waals surface area contributed by atoms with Gasteiger partial charge in [-0.05, 0) is 45.7 Å². The van der Waals surface area contributed by atoms with Gasteiger partial charge in [0, 0.05) is 18.4 Å². The quantitative estimate of drug-likeness (QED) is 0.775. The van der Waals surface area contributed by atoms with Crippen molar-refractivity contribution in [1.82, 2.24) is 15.5 Å².